The van der Waals surface area contributed by atoms with Crippen molar-refractivity contribution in [1.29, 1.82) is 0 Å². The molecule has 0 atom stereocenters. The van der Waals surface area contributed by atoms with Gasteiger partial charge in [-0.15, -0.1) is 0 Å². The number of nitrogens with zero attached hydrogens (tertiary/aromatic N) is 2. The van der Waals surface area contributed by atoms with Gasteiger partial charge in [-0.2, -0.15) is 0 Å². The van der Waals surface area contributed by atoms with Gasteiger partial charge in [0.25, 0.3) is 0 Å². The molecule has 0 unspecified atom stereocenters. The Morgan fingerprint density at radius 3 is 2.79 bits per heavy atom. The van der Waals surface area contributed by atoms with E-state index in [0.717, 1.165) is 19.6 Å². The van der Waals surface area contributed by atoms with Crippen molar-refractivity contribution in [3.8, 4) is 0 Å². The van der Waals surface area contributed by atoms with Gasteiger partial charge >= 0.3 is 0 Å². The summed E-state index contributed by atoms with van der Waals surface area (Å²) in [7, 11) is 0. The summed E-state index contributed by atoms with van der Waals surface area (Å²) in [4.78, 5) is 6.61. The molecular formula is C12H16N2. The monoisotopic (exact) mass is 188 g/mol. The van der Waals surface area contributed by atoms with E-state index in [1.807, 2.05) is 6.21 Å². The molecule has 0 saturated carbocycles. The highest BCUT2D eigenvalue weighted by Gasteiger charge is 2.09. The Labute approximate surface area is 85.3 Å². The first-order chi connectivity index (χ1) is 6.77. The molecule has 0 bridgehead atoms. The standard InChI is InChI=1S/C12H16N2/c1-10-3-4-12(11(2)9-10)14-7-5-13-6-8-14/h3-5,9H,6-8H2,1-2H3. The van der Waals surface area contributed by atoms with Crippen molar-refractivity contribution in [2.75, 3.05) is 24.5 Å². The van der Waals surface area contributed by atoms with Crippen LogP contribution in [-0.2, 0) is 0 Å². The molecule has 0 spiro atoms. The van der Waals surface area contributed by atoms with E-state index in [4.69, 9.17) is 0 Å². The summed E-state index contributed by atoms with van der Waals surface area (Å²) < 4.78 is 0. The van der Waals surface area contributed by atoms with Crippen molar-refractivity contribution in [2.45, 2.75) is 13.8 Å². The Morgan fingerprint density at radius 1 is 1.29 bits per heavy atom. The van der Waals surface area contributed by atoms with Crippen LogP contribution in [0.2, 0.25) is 0 Å². The highest BCUT2D eigenvalue weighted by Crippen LogP contribution is 2.21. The lowest BCUT2D eigenvalue weighted by molar-refractivity contribution is 0.829. The van der Waals surface area contributed by atoms with Crippen molar-refractivity contribution in [2.24, 2.45) is 4.99 Å². The topological polar surface area (TPSA) is 15.6 Å². The Morgan fingerprint density at radius 2 is 2.14 bits per heavy atom. The van der Waals surface area contributed by atoms with Crippen molar-refractivity contribution >= 4 is 11.9 Å². The van der Waals surface area contributed by atoms with Crippen LogP contribution in [0.15, 0.2) is 23.2 Å². The average molecular weight is 188 g/mol. The first kappa shape index (κ1) is 9.25. The minimum absolute atomic E-state index is 0.924. The highest BCUT2D eigenvalue weighted by molar-refractivity contribution is 5.69. The molecule has 2 rings (SSSR count). The van der Waals surface area contributed by atoms with Gasteiger partial charge in [-0.1, -0.05) is 17.7 Å². The molecule has 1 aliphatic heterocycles. The SMILES string of the molecule is Cc1ccc(N2CC=NCC2)c(C)c1. The van der Waals surface area contributed by atoms with E-state index in [0.29, 0.717) is 0 Å². The lowest BCUT2D eigenvalue weighted by Crippen LogP contribution is -2.32. The van der Waals surface area contributed by atoms with Crippen molar-refractivity contribution in [3.63, 3.8) is 0 Å². The molecule has 0 aromatic heterocycles. The molecule has 74 valence electrons. The molecule has 1 aliphatic rings. The summed E-state index contributed by atoms with van der Waals surface area (Å²) in [5, 5.41) is 0. The van der Waals surface area contributed by atoms with E-state index in [9.17, 15) is 0 Å². The summed E-state index contributed by atoms with van der Waals surface area (Å²) in [6.07, 6.45) is 2.00. The van der Waals surface area contributed by atoms with Crippen LogP contribution in [0.3, 0.4) is 0 Å². The fourth-order valence-corrected chi connectivity index (χ4v) is 1.90. The van der Waals surface area contributed by atoms with Crippen LogP contribution in [-0.4, -0.2) is 25.8 Å². The fourth-order valence-electron chi connectivity index (χ4n) is 1.90. The Bertz CT molecular complexity index is 355. The third-order valence-corrected chi connectivity index (χ3v) is 2.62. The Kier molecular flexibility index (Phi) is 2.53. The van der Waals surface area contributed by atoms with E-state index >= 15 is 0 Å². The summed E-state index contributed by atoms with van der Waals surface area (Å²) >= 11 is 0. The second kappa shape index (κ2) is 3.82. The van der Waals surface area contributed by atoms with Gasteiger partial charge in [-0.05, 0) is 25.5 Å². The largest absolute Gasteiger partial charge is 0.364 e. The number of anilines is 1. The maximum atomic E-state index is 4.23. The number of rotatable bonds is 1. The van der Waals surface area contributed by atoms with E-state index in [-0.39, 0.29) is 0 Å². The maximum absolute atomic E-state index is 4.23. The van der Waals surface area contributed by atoms with Gasteiger partial charge in [0, 0.05) is 18.4 Å². The lowest BCUT2D eigenvalue weighted by atomic mass is 10.1. The molecule has 0 amide bonds. The molecule has 1 heterocycles. The summed E-state index contributed by atoms with van der Waals surface area (Å²) in [5.41, 5.74) is 4.04. The molecule has 2 heteroatoms. The zero-order valence-corrected chi connectivity index (χ0v) is 8.83. The molecule has 0 fully saturated rings. The first-order valence-corrected chi connectivity index (χ1v) is 5.08. The Balaban J connectivity index is 2.27. The van der Waals surface area contributed by atoms with Gasteiger partial charge in [0.1, 0.15) is 0 Å². The zero-order chi connectivity index (χ0) is 9.97. The first-order valence-electron chi connectivity index (χ1n) is 5.08. The maximum Gasteiger partial charge on any atom is 0.0562 e. The predicted molar refractivity (Wildman–Crippen MR) is 61.5 cm³/mol. The number of aliphatic imine (C=N–C) groups is 1. The van der Waals surface area contributed by atoms with Crippen LogP contribution < -0.4 is 4.90 Å². The van der Waals surface area contributed by atoms with Gasteiger partial charge in [-0.25, -0.2) is 0 Å². The molecule has 1 aromatic carbocycles. The normalized spacial score (nSPS) is 16.0. The molecule has 0 radical (unpaired) electrons. The summed E-state index contributed by atoms with van der Waals surface area (Å²) in [6.45, 7) is 7.22. The summed E-state index contributed by atoms with van der Waals surface area (Å²) in [5.74, 6) is 0. The quantitative estimate of drug-likeness (QED) is 0.659. The fraction of sp³-hybridized carbons (Fsp3) is 0.417. The predicted octanol–water partition coefficient (Wildman–Crippen LogP) is 2.19. The van der Waals surface area contributed by atoms with E-state index in [1.54, 1.807) is 0 Å². The molecule has 0 N–H and O–H groups in total. The average Bonchev–Trinajstić information content (AvgIpc) is 2.19. The van der Waals surface area contributed by atoms with Crippen LogP contribution in [0.4, 0.5) is 5.69 Å². The van der Waals surface area contributed by atoms with Gasteiger partial charge < -0.3 is 4.90 Å². The highest BCUT2D eigenvalue weighted by atomic mass is 15.2. The van der Waals surface area contributed by atoms with Gasteiger partial charge in [0.05, 0.1) is 13.1 Å². The van der Waals surface area contributed by atoms with Gasteiger partial charge in [-0.3, -0.25) is 4.99 Å². The van der Waals surface area contributed by atoms with Gasteiger partial charge in [0.2, 0.25) is 0 Å². The molecule has 1 aromatic rings. The zero-order valence-electron chi connectivity index (χ0n) is 8.83. The molecular weight excluding hydrogens is 172 g/mol. The van der Waals surface area contributed by atoms with E-state index in [1.165, 1.54) is 16.8 Å². The van der Waals surface area contributed by atoms with E-state index in [2.05, 4.69) is 41.9 Å². The minimum atomic E-state index is 0.924. The number of benzene rings is 1. The molecule has 14 heavy (non-hydrogen) atoms. The van der Waals surface area contributed by atoms with Crippen LogP contribution in [0.1, 0.15) is 11.1 Å². The number of aryl methyl sites for hydroxylation is 2. The van der Waals surface area contributed by atoms with Gasteiger partial charge in [0.15, 0.2) is 0 Å². The second-order valence-electron chi connectivity index (χ2n) is 3.82. The van der Waals surface area contributed by atoms with Crippen molar-refractivity contribution in [1.82, 2.24) is 0 Å². The third kappa shape index (κ3) is 1.79. The van der Waals surface area contributed by atoms with E-state index < -0.39 is 0 Å². The third-order valence-electron chi connectivity index (χ3n) is 2.62. The molecule has 0 saturated heterocycles. The van der Waals surface area contributed by atoms with Crippen LogP contribution in [0.5, 0.6) is 0 Å². The summed E-state index contributed by atoms with van der Waals surface area (Å²) in [6, 6.07) is 6.62. The Hall–Kier alpha value is -1.31. The second-order valence-corrected chi connectivity index (χ2v) is 3.82. The molecule has 0 aliphatic carbocycles. The van der Waals surface area contributed by atoms with Crippen molar-refractivity contribution in [3.05, 3.63) is 29.3 Å². The van der Waals surface area contributed by atoms with Crippen LogP contribution in [0.25, 0.3) is 0 Å². The number of hydrogen-bond acceptors (Lipinski definition) is 2. The smallest absolute Gasteiger partial charge is 0.0562 e. The minimum Gasteiger partial charge on any atom is -0.364 e. The lowest BCUT2D eigenvalue weighted by Gasteiger charge is -2.26. The van der Waals surface area contributed by atoms with Crippen LogP contribution in [0, 0.1) is 13.8 Å². The van der Waals surface area contributed by atoms with Crippen molar-refractivity contribution < 1.29 is 0 Å². The number of hydrogen-bond donors (Lipinski definition) is 0. The van der Waals surface area contributed by atoms with Crippen LogP contribution >= 0.6 is 0 Å². The molecule has 2 nitrogen and oxygen atoms in total.